The lowest BCUT2D eigenvalue weighted by molar-refractivity contribution is 0.534. The minimum atomic E-state index is -0.386. The minimum absolute atomic E-state index is 0.243. The summed E-state index contributed by atoms with van der Waals surface area (Å²) in [5, 5.41) is 0. The molecule has 2 nitrogen and oxygen atoms in total. The number of nitrogens with two attached hydrogens (primary N) is 1. The van der Waals surface area contributed by atoms with Gasteiger partial charge in [-0.25, -0.2) is 4.39 Å². The van der Waals surface area contributed by atoms with Crippen molar-refractivity contribution in [3.05, 3.63) is 57.7 Å². The number of benzene rings is 1. The molecule has 0 amide bonds. The summed E-state index contributed by atoms with van der Waals surface area (Å²) in [6.07, 6.45) is 1.55. The molecule has 0 saturated carbocycles. The molecule has 1 atom stereocenters. The Bertz CT molecular complexity index is 509. The number of halogens is 2. The third-order valence-corrected chi connectivity index (χ3v) is 3.18. The molecule has 1 unspecified atom stereocenters. The van der Waals surface area contributed by atoms with Gasteiger partial charge in [-0.15, -0.1) is 0 Å². The maximum Gasteiger partial charge on any atom is 0.174 e. The van der Waals surface area contributed by atoms with Crippen LogP contribution in [0.1, 0.15) is 22.7 Å². The van der Waals surface area contributed by atoms with Crippen LogP contribution in [0.15, 0.2) is 39.6 Å². The summed E-state index contributed by atoms with van der Waals surface area (Å²) in [6, 6.07) is 6.38. The lowest BCUT2D eigenvalue weighted by Gasteiger charge is -2.11. The molecule has 84 valence electrons. The average Bonchev–Trinajstić information content (AvgIpc) is 2.67. The van der Waals surface area contributed by atoms with E-state index in [9.17, 15) is 4.39 Å². The van der Waals surface area contributed by atoms with E-state index < -0.39 is 0 Å². The number of furan rings is 1. The molecule has 2 N–H and O–H groups in total. The predicted molar refractivity (Wildman–Crippen MR) is 63.6 cm³/mol. The predicted octanol–water partition coefficient (Wildman–Crippen LogP) is 3.54. The zero-order chi connectivity index (χ0) is 11.7. The highest BCUT2D eigenvalue weighted by Gasteiger charge is 2.15. The van der Waals surface area contributed by atoms with Gasteiger partial charge in [0, 0.05) is 5.56 Å². The smallest absolute Gasteiger partial charge is 0.174 e. The number of aryl methyl sites for hydroxylation is 1. The Morgan fingerprint density at radius 2 is 2.12 bits per heavy atom. The van der Waals surface area contributed by atoms with E-state index in [1.54, 1.807) is 25.3 Å². The van der Waals surface area contributed by atoms with Crippen LogP contribution in [0.25, 0.3) is 0 Å². The molecule has 1 heterocycles. The summed E-state index contributed by atoms with van der Waals surface area (Å²) in [5.41, 5.74) is 8.17. The first kappa shape index (κ1) is 11.4. The molecular weight excluding hydrogens is 273 g/mol. The van der Waals surface area contributed by atoms with Crippen LogP contribution < -0.4 is 5.73 Å². The van der Waals surface area contributed by atoms with Crippen molar-refractivity contribution in [2.45, 2.75) is 13.0 Å². The molecule has 1 aromatic heterocycles. The molecule has 0 radical (unpaired) electrons. The summed E-state index contributed by atoms with van der Waals surface area (Å²) >= 11 is 3.26. The van der Waals surface area contributed by atoms with E-state index in [1.807, 2.05) is 6.07 Å². The van der Waals surface area contributed by atoms with Gasteiger partial charge in [0.25, 0.3) is 0 Å². The van der Waals surface area contributed by atoms with Gasteiger partial charge in [-0.05, 0) is 46.1 Å². The van der Waals surface area contributed by atoms with E-state index in [1.165, 1.54) is 6.07 Å². The molecule has 0 bridgehead atoms. The summed E-state index contributed by atoms with van der Waals surface area (Å²) in [5.74, 6) is -0.243. The quantitative estimate of drug-likeness (QED) is 0.916. The van der Waals surface area contributed by atoms with Crippen molar-refractivity contribution in [1.82, 2.24) is 0 Å². The minimum Gasteiger partial charge on any atom is -0.457 e. The van der Waals surface area contributed by atoms with Crippen LogP contribution in [-0.4, -0.2) is 0 Å². The summed E-state index contributed by atoms with van der Waals surface area (Å²) in [6.45, 7) is 1.72. The van der Waals surface area contributed by atoms with E-state index in [2.05, 4.69) is 15.9 Å². The van der Waals surface area contributed by atoms with Crippen molar-refractivity contribution in [2.24, 2.45) is 5.73 Å². The lowest BCUT2D eigenvalue weighted by Crippen LogP contribution is -2.11. The summed E-state index contributed by atoms with van der Waals surface area (Å²) in [7, 11) is 0. The van der Waals surface area contributed by atoms with Crippen LogP contribution in [0.4, 0.5) is 4.39 Å². The largest absolute Gasteiger partial charge is 0.457 e. The fourth-order valence-electron chi connectivity index (χ4n) is 1.51. The number of rotatable bonds is 2. The molecule has 2 aromatic rings. The molecular formula is C12H11BrFNO. The van der Waals surface area contributed by atoms with Crippen molar-refractivity contribution in [3.8, 4) is 0 Å². The van der Waals surface area contributed by atoms with Gasteiger partial charge >= 0.3 is 0 Å². The molecule has 2 rings (SSSR count). The Labute approximate surface area is 101 Å². The molecule has 0 spiro atoms. The normalized spacial score (nSPS) is 12.8. The van der Waals surface area contributed by atoms with E-state index in [0.717, 1.165) is 11.1 Å². The van der Waals surface area contributed by atoms with Gasteiger partial charge in [0.1, 0.15) is 5.82 Å². The first-order valence-corrected chi connectivity index (χ1v) is 5.63. The highest BCUT2D eigenvalue weighted by atomic mass is 79.9. The van der Waals surface area contributed by atoms with Crippen LogP contribution in [0, 0.1) is 12.7 Å². The van der Waals surface area contributed by atoms with E-state index in [4.69, 9.17) is 10.2 Å². The second kappa shape index (κ2) is 4.39. The van der Waals surface area contributed by atoms with Crippen molar-refractivity contribution in [3.63, 3.8) is 0 Å². The van der Waals surface area contributed by atoms with Crippen LogP contribution in [0.5, 0.6) is 0 Å². The first-order chi connectivity index (χ1) is 7.59. The monoisotopic (exact) mass is 283 g/mol. The molecule has 0 aliphatic heterocycles. The Morgan fingerprint density at radius 1 is 1.38 bits per heavy atom. The van der Waals surface area contributed by atoms with Gasteiger partial charge in [0.2, 0.25) is 0 Å². The van der Waals surface area contributed by atoms with Gasteiger partial charge in [0.05, 0.1) is 12.3 Å². The average molecular weight is 284 g/mol. The molecule has 4 heteroatoms. The summed E-state index contributed by atoms with van der Waals surface area (Å²) in [4.78, 5) is 0. The molecule has 0 aliphatic carbocycles. The van der Waals surface area contributed by atoms with E-state index in [0.29, 0.717) is 10.2 Å². The van der Waals surface area contributed by atoms with E-state index >= 15 is 0 Å². The molecule has 0 fully saturated rings. The van der Waals surface area contributed by atoms with Crippen molar-refractivity contribution >= 4 is 15.9 Å². The Balaban J connectivity index is 2.38. The zero-order valence-corrected chi connectivity index (χ0v) is 10.3. The van der Waals surface area contributed by atoms with E-state index in [-0.39, 0.29) is 11.9 Å². The molecule has 16 heavy (non-hydrogen) atoms. The van der Waals surface area contributed by atoms with Gasteiger partial charge in [0.15, 0.2) is 4.67 Å². The van der Waals surface area contributed by atoms with Crippen LogP contribution >= 0.6 is 15.9 Å². The van der Waals surface area contributed by atoms with Crippen LogP contribution in [-0.2, 0) is 0 Å². The Kier molecular flexibility index (Phi) is 3.12. The molecule has 1 aromatic carbocycles. The van der Waals surface area contributed by atoms with Gasteiger partial charge in [-0.1, -0.05) is 12.1 Å². The Hall–Kier alpha value is -1.13. The van der Waals surface area contributed by atoms with Crippen LogP contribution in [0.2, 0.25) is 0 Å². The second-order valence-corrected chi connectivity index (χ2v) is 4.36. The third kappa shape index (κ3) is 2.03. The molecule has 0 aliphatic rings. The first-order valence-electron chi connectivity index (χ1n) is 4.84. The van der Waals surface area contributed by atoms with Gasteiger partial charge in [-0.3, -0.25) is 0 Å². The third-order valence-electron chi connectivity index (χ3n) is 2.54. The zero-order valence-electron chi connectivity index (χ0n) is 8.71. The fourth-order valence-corrected chi connectivity index (χ4v) is 2.00. The standard InChI is InChI=1S/C12H11BrFNO/c1-7-2-3-8(6-10(7)14)11(15)9-4-5-16-12(9)13/h2-6,11H,15H2,1H3. The highest BCUT2D eigenvalue weighted by molar-refractivity contribution is 9.10. The maximum atomic E-state index is 13.4. The van der Waals surface area contributed by atoms with Gasteiger partial charge < -0.3 is 10.2 Å². The van der Waals surface area contributed by atoms with Crippen molar-refractivity contribution in [1.29, 1.82) is 0 Å². The topological polar surface area (TPSA) is 39.2 Å². The lowest BCUT2D eigenvalue weighted by atomic mass is 10.0. The second-order valence-electron chi connectivity index (χ2n) is 3.64. The SMILES string of the molecule is Cc1ccc(C(N)c2ccoc2Br)cc1F. The molecule has 0 saturated heterocycles. The number of hydrogen-bond acceptors (Lipinski definition) is 2. The fraction of sp³-hybridized carbons (Fsp3) is 0.167. The highest BCUT2D eigenvalue weighted by Crippen LogP contribution is 2.28. The Morgan fingerprint density at radius 3 is 2.69 bits per heavy atom. The van der Waals surface area contributed by atoms with Crippen molar-refractivity contribution in [2.75, 3.05) is 0 Å². The maximum absolute atomic E-state index is 13.4. The summed E-state index contributed by atoms with van der Waals surface area (Å²) < 4.78 is 19.1. The van der Waals surface area contributed by atoms with Crippen LogP contribution in [0.3, 0.4) is 0 Å². The number of hydrogen-bond donors (Lipinski definition) is 1. The van der Waals surface area contributed by atoms with Gasteiger partial charge in [-0.2, -0.15) is 0 Å². The van der Waals surface area contributed by atoms with Crippen molar-refractivity contribution < 1.29 is 8.81 Å².